The molecule has 62 valence electrons. The minimum absolute atomic E-state index is 0.340. The summed E-state index contributed by atoms with van der Waals surface area (Å²) in [6.45, 7) is 2.21. The number of carboxylic acid groups (broad SMARTS) is 1. The Morgan fingerprint density at radius 1 is 1.82 bits per heavy atom. The molecule has 1 heterocycles. The highest BCUT2D eigenvalue weighted by Gasteiger charge is 2.47. The Hall–Kier alpha value is -1.06. The van der Waals surface area contributed by atoms with Crippen molar-refractivity contribution in [2.24, 2.45) is 5.41 Å². The van der Waals surface area contributed by atoms with Crippen molar-refractivity contribution in [3.05, 3.63) is 0 Å². The van der Waals surface area contributed by atoms with Crippen molar-refractivity contribution in [3.8, 4) is 0 Å². The van der Waals surface area contributed by atoms with E-state index in [1.54, 1.807) is 6.92 Å². The first-order valence-electron chi connectivity index (χ1n) is 3.65. The number of rotatable bonds is 2. The van der Waals surface area contributed by atoms with Crippen molar-refractivity contribution in [2.45, 2.75) is 19.8 Å². The largest absolute Gasteiger partial charge is 0.480 e. The number of amides is 1. The lowest BCUT2D eigenvalue weighted by Gasteiger charge is -2.17. The second-order valence-electron chi connectivity index (χ2n) is 2.75. The second-order valence-corrected chi connectivity index (χ2v) is 2.75. The van der Waals surface area contributed by atoms with Crippen molar-refractivity contribution < 1.29 is 14.7 Å². The third-order valence-corrected chi connectivity index (χ3v) is 2.28. The molecular weight excluding hydrogens is 146 g/mol. The van der Waals surface area contributed by atoms with Gasteiger partial charge in [0, 0.05) is 6.54 Å². The summed E-state index contributed by atoms with van der Waals surface area (Å²) in [7, 11) is 0. The minimum Gasteiger partial charge on any atom is -0.480 e. The van der Waals surface area contributed by atoms with Crippen molar-refractivity contribution >= 4 is 11.9 Å². The summed E-state index contributed by atoms with van der Waals surface area (Å²) in [6.07, 6.45) is 0.784. The van der Waals surface area contributed by atoms with Gasteiger partial charge in [-0.1, -0.05) is 6.92 Å². The van der Waals surface area contributed by atoms with Crippen LogP contribution in [-0.2, 0) is 9.59 Å². The van der Waals surface area contributed by atoms with E-state index in [0.29, 0.717) is 19.4 Å². The third kappa shape index (κ3) is 0.982. The monoisotopic (exact) mass is 157 g/mol. The molecule has 1 aliphatic heterocycles. The highest BCUT2D eigenvalue weighted by Crippen LogP contribution is 2.30. The number of hydrogen-bond acceptors (Lipinski definition) is 2. The first-order chi connectivity index (χ1) is 5.13. The van der Waals surface area contributed by atoms with Crippen molar-refractivity contribution in [2.75, 3.05) is 6.54 Å². The predicted octanol–water partition coefficient (Wildman–Crippen LogP) is -0.0127. The molecule has 1 aliphatic rings. The van der Waals surface area contributed by atoms with Gasteiger partial charge in [-0.25, -0.2) is 0 Å². The molecular formula is C7H11NO3. The molecule has 0 spiro atoms. The number of carbonyl (C=O) groups is 2. The Labute approximate surface area is 64.6 Å². The van der Waals surface area contributed by atoms with Gasteiger partial charge < -0.3 is 10.4 Å². The standard InChI is InChI=1S/C7H11NO3/c1-2-7(6(10)11)3-4-8-5(7)9/h2-4H2,1H3,(H,8,9)(H,10,11)/t7-/m1/s1. The molecule has 1 amide bonds. The molecule has 0 bridgehead atoms. The van der Waals surface area contributed by atoms with Gasteiger partial charge in [0.15, 0.2) is 0 Å². The first kappa shape index (κ1) is 8.04. The summed E-state index contributed by atoms with van der Waals surface area (Å²) in [5.74, 6) is -1.34. The highest BCUT2D eigenvalue weighted by atomic mass is 16.4. The summed E-state index contributed by atoms with van der Waals surface area (Å²) in [5, 5.41) is 11.3. The Bertz CT molecular complexity index is 202. The molecule has 0 radical (unpaired) electrons. The lowest BCUT2D eigenvalue weighted by Crippen LogP contribution is -2.38. The fourth-order valence-corrected chi connectivity index (χ4v) is 1.36. The average Bonchev–Trinajstić information content (AvgIpc) is 2.32. The molecule has 0 saturated carbocycles. The molecule has 1 fully saturated rings. The van der Waals surface area contributed by atoms with E-state index in [2.05, 4.69) is 5.32 Å². The quantitative estimate of drug-likeness (QED) is 0.554. The van der Waals surface area contributed by atoms with E-state index >= 15 is 0 Å². The van der Waals surface area contributed by atoms with E-state index in [1.165, 1.54) is 0 Å². The topological polar surface area (TPSA) is 66.4 Å². The van der Waals surface area contributed by atoms with E-state index in [0.717, 1.165) is 0 Å². The maximum Gasteiger partial charge on any atom is 0.319 e. The smallest absolute Gasteiger partial charge is 0.319 e. The van der Waals surface area contributed by atoms with Crippen LogP contribution in [0.15, 0.2) is 0 Å². The number of carbonyl (C=O) groups excluding carboxylic acids is 1. The number of carboxylic acids is 1. The average molecular weight is 157 g/mol. The van der Waals surface area contributed by atoms with E-state index in [-0.39, 0.29) is 5.91 Å². The van der Waals surface area contributed by atoms with Crippen LogP contribution in [0.1, 0.15) is 19.8 Å². The molecule has 0 aromatic heterocycles. The minimum atomic E-state index is -1.14. The second kappa shape index (κ2) is 2.53. The Morgan fingerprint density at radius 2 is 2.45 bits per heavy atom. The van der Waals surface area contributed by atoms with Crippen LogP contribution in [0.3, 0.4) is 0 Å². The Morgan fingerprint density at radius 3 is 2.64 bits per heavy atom. The van der Waals surface area contributed by atoms with E-state index in [4.69, 9.17) is 5.11 Å². The zero-order valence-corrected chi connectivity index (χ0v) is 6.39. The molecule has 4 heteroatoms. The molecule has 0 aliphatic carbocycles. The molecule has 1 atom stereocenters. The summed E-state index contributed by atoms with van der Waals surface area (Å²) in [5.41, 5.74) is -1.14. The van der Waals surface area contributed by atoms with Gasteiger partial charge in [0.1, 0.15) is 5.41 Å². The van der Waals surface area contributed by atoms with Gasteiger partial charge in [-0.3, -0.25) is 9.59 Å². The summed E-state index contributed by atoms with van der Waals surface area (Å²) in [4.78, 5) is 21.8. The van der Waals surface area contributed by atoms with Crippen LogP contribution in [0, 0.1) is 5.41 Å². The van der Waals surface area contributed by atoms with Crippen LogP contribution in [0.25, 0.3) is 0 Å². The molecule has 0 aromatic carbocycles. The summed E-state index contributed by atoms with van der Waals surface area (Å²) >= 11 is 0. The number of hydrogen-bond donors (Lipinski definition) is 2. The molecule has 1 saturated heterocycles. The Balaban J connectivity index is 2.91. The maximum absolute atomic E-state index is 11.1. The fraction of sp³-hybridized carbons (Fsp3) is 0.714. The summed E-state index contributed by atoms with van der Waals surface area (Å²) < 4.78 is 0. The van der Waals surface area contributed by atoms with Crippen LogP contribution >= 0.6 is 0 Å². The zero-order valence-electron chi connectivity index (χ0n) is 6.39. The highest BCUT2D eigenvalue weighted by molar-refractivity contribution is 6.03. The van der Waals surface area contributed by atoms with E-state index in [9.17, 15) is 9.59 Å². The van der Waals surface area contributed by atoms with Gasteiger partial charge in [0.2, 0.25) is 5.91 Å². The van der Waals surface area contributed by atoms with Gasteiger partial charge in [0.25, 0.3) is 0 Å². The van der Waals surface area contributed by atoms with Crippen LogP contribution < -0.4 is 5.32 Å². The van der Waals surface area contributed by atoms with Crippen LogP contribution in [0.2, 0.25) is 0 Å². The van der Waals surface area contributed by atoms with Crippen molar-refractivity contribution in [1.82, 2.24) is 5.32 Å². The number of nitrogens with one attached hydrogen (secondary N) is 1. The van der Waals surface area contributed by atoms with Gasteiger partial charge in [-0.05, 0) is 12.8 Å². The van der Waals surface area contributed by atoms with Gasteiger partial charge in [0.05, 0.1) is 0 Å². The van der Waals surface area contributed by atoms with Crippen LogP contribution in [0.4, 0.5) is 0 Å². The summed E-state index contributed by atoms with van der Waals surface area (Å²) in [6, 6.07) is 0. The zero-order chi connectivity index (χ0) is 8.48. The molecule has 0 unspecified atom stereocenters. The molecule has 1 rings (SSSR count). The third-order valence-electron chi connectivity index (χ3n) is 2.28. The first-order valence-corrected chi connectivity index (χ1v) is 3.65. The molecule has 0 aromatic rings. The normalized spacial score (nSPS) is 30.1. The lowest BCUT2D eigenvalue weighted by atomic mass is 9.84. The molecule has 2 N–H and O–H groups in total. The number of aliphatic carboxylic acids is 1. The van der Waals surface area contributed by atoms with Crippen LogP contribution in [0.5, 0.6) is 0 Å². The predicted molar refractivity (Wildman–Crippen MR) is 38.0 cm³/mol. The van der Waals surface area contributed by atoms with Crippen molar-refractivity contribution in [3.63, 3.8) is 0 Å². The lowest BCUT2D eigenvalue weighted by molar-refractivity contribution is -0.153. The Kier molecular flexibility index (Phi) is 1.85. The van der Waals surface area contributed by atoms with Gasteiger partial charge in [-0.15, -0.1) is 0 Å². The van der Waals surface area contributed by atoms with Crippen LogP contribution in [-0.4, -0.2) is 23.5 Å². The SMILES string of the molecule is CC[C@@]1(C(=O)O)CCNC1=O. The maximum atomic E-state index is 11.1. The fourth-order valence-electron chi connectivity index (χ4n) is 1.36. The van der Waals surface area contributed by atoms with Gasteiger partial charge >= 0.3 is 5.97 Å². The van der Waals surface area contributed by atoms with E-state index < -0.39 is 11.4 Å². The van der Waals surface area contributed by atoms with Gasteiger partial charge in [-0.2, -0.15) is 0 Å². The molecule has 4 nitrogen and oxygen atoms in total. The van der Waals surface area contributed by atoms with Crippen molar-refractivity contribution in [1.29, 1.82) is 0 Å². The van der Waals surface area contributed by atoms with E-state index in [1.807, 2.05) is 0 Å². The molecule has 11 heavy (non-hydrogen) atoms.